The maximum atomic E-state index is 11.7. The fraction of sp³-hybridized carbons (Fsp3) is 0.545. The molecule has 0 aliphatic heterocycles. The Hall–Kier alpha value is -0.870. The Morgan fingerprint density at radius 2 is 2.33 bits per heavy atom. The second-order valence-corrected chi connectivity index (χ2v) is 4.76. The summed E-state index contributed by atoms with van der Waals surface area (Å²) in [5.41, 5.74) is 0. The van der Waals surface area contributed by atoms with E-state index in [1.165, 1.54) is 11.3 Å². The van der Waals surface area contributed by atoms with Crippen molar-refractivity contribution < 1.29 is 9.90 Å². The average molecular weight is 227 g/mol. The molecule has 84 valence electrons. The van der Waals surface area contributed by atoms with Crippen molar-refractivity contribution in [3.63, 3.8) is 0 Å². The summed E-state index contributed by atoms with van der Waals surface area (Å²) in [6.45, 7) is 4.18. The lowest BCUT2D eigenvalue weighted by Gasteiger charge is -2.20. The lowest BCUT2D eigenvalue weighted by atomic mass is 10.0. The van der Waals surface area contributed by atoms with Crippen LogP contribution in [0.25, 0.3) is 0 Å². The molecule has 2 N–H and O–H groups in total. The quantitative estimate of drug-likeness (QED) is 0.807. The highest BCUT2D eigenvalue weighted by atomic mass is 32.1. The molecule has 15 heavy (non-hydrogen) atoms. The van der Waals surface area contributed by atoms with Crippen LogP contribution in [0.3, 0.4) is 0 Å². The van der Waals surface area contributed by atoms with Crippen LogP contribution >= 0.6 is 11.3 Å². The number of aliphatic hydroxyl groups excluding tert-OH is 1. The number of hydrogen-bond acceptors (Lipinski definition) is 3. The molecule has 0 spiro atoms. The van der Waals surface area contributed by atoms with Crippen LogP contribution in [0.2, 0.25) is 0 Å². The lowest BCUT2D eigenvalue weighted by molar-refractivity contribution is 0.0921. The monoisotopic (exact) mass is 227 g/mol. The van der Waals surface area contributed by atoms with E-state index in [-0.39, 0.29) is 18.6 Å². The van der Waals surface area contributed by atoms with Crippen molar-refractivity contribution in [1.82, 2.24) is 5.32 Å². The summed E-state index contributed by atoms with van der Waals surface area (Å²) >= 11 is 1.43. The predicted octanol–water partition coefficient (Wildman–Crippen LogP) is 1.88. The smallest absolute Gasteiger partial charge is 0.261 e. The van der Waals surface area contributed by atoms with Crippen molar-refractivity contribution in [2.45, 2.75) is 26.3 Å². The number of thiophene rings is 1. The van der Waals surface area contributed by atoms with Crippen LogP contribution in [-0.2, 0) is 0 Å². The summed E-state index contributed by atoms with van der Waals surface area (Å²) in [5, 5.41) is 13.7. The number of carbonyl (C=O) groups is 1. The number of rotatable bonds is 5. The normalized spacial score (nSPS) is 12.8. The molecule has 0 aromatic carbocycles. The Bertz CT molecular complexity index is 296. The maximum Gasteiger partial charge on any atom is 0.261 e. The van der Waals surface area contributed by atoms with Crippen LogP contribution in [0.15, 0.2) is 17.5 Å². The van der Waals surface area contributed by atoms with Crippen molar-refractivity contribution in [1.29, 1.82) is 0 Å². The van der Waals surface area contributed by atoms with Gasteiger partial charge in [-0.3, -0.25) is 4.79 Å². The van der Waals surface area contributed by atoms with Crippen LogP contribution in [0, 0.1) is 5.92 Å². The van der Waals surface area contributed by atoms with E-state index in [0.717, 1.165) is 4.88 Å². The molecule has 1 aromatic heterocycles. The SMILES string of the molecule is CC(C)C(CCO)NC(=O)c1cccs1. The Morgan fingerprint density at radius 3 is 2.80 bits per heavy atom. The molecule has 0 radical (unpaired) electrons. The lowest BCUT2D eigenvalue weighted by Crippen LogP contribution is -2.38. The zero-order valence-electron chi connectivity index (χ0n) is 9.06. The summed E-state index contributed by atoms with van der Waals surface area (Å²) in [4.78, 5) is 12.4. The van der Waals surface area contributed by atoms with E-state index >= 15 is 0 Å². The van der Waals surface area contributed by atoms with Crippen LogP contribution in [0.4, 0.5) is 0 Å². The van der Waals surface area contributed by atoms with Gasteiger partial charge in [0.25, 0.3) is 5.91 Å². The van der Waals surface area contributed by atoms with E-state index in [2.05, 4.69) is 5.32 Å². The third-order valence-electron chi connectivity index (χ3n) is 2.31. The molecule has 0 aliphatic rings. The van der Waals surface area contributed by atoms with Gasteiger partial charge in [0.1, 0.15) is 0 Å². The van der Waals surface area contributed by atoms with Gasteiger partial charge in [0, 0.05) is 12.6 Å². The largest absolute Gasteiger partial charge is 0.396 e. The molecule has 0 aliphatic carbocycles. The predicted molar refractivity (Wildman–Crippen MR) is 62.1 cm³/mol. The first-order chi connectivity index (χ1) is 7.15. The van der Waals surface area contributed by atoms with Crippen molar-refractivity contribution in [3.8, 4) is 0 Å². The van der Waals surface area contributed by atoms with Gasteiger partial charge in [0.05, 0.1) is 4.88 Å². The molecule has 1 amide bonds. The van der Waals surface area contributed by atoms with Crippen molar-refractivity contribution in [2.24, 2.45) is 5.92 Å². The van der Waals surface area contributed by atoms with E-state index in [0.29, 0.717) is 12.3 Å². The minimum atomic E-state index is -0.0443. The number of nitrogens with one attached hydrogen (secondary N) is 1. The highest BCUT2D eigenvalue weighted by Gasteiger charge is 2.16. The van der Waals surface area contributed by atoms with Gasteiger partial charge in [-0.25, -0.2) is 0 Å². The van der Waals surface area contributed by atoms with E-state index in [1.54, 1.807) is 6.07 Å². The number of aliphatic hydroxyl groups is 1. The first-order valence-electron chi connectivity index (χ1n) is 5.10. The van der Waals surface area contributed by atoms with Crippen molar-refractivity contribution in [3.05, 3.63) is 22.4 Å². The molecule has 1 heterocycles. The van der Waals surface area contributed by atoms with Gasteiger partial charge >= 0.3 is 0 Å². The molecule has 1 unspecified atom stereocenters. The zero-order valence-corrected chi connectivity index (χ0v) is 9.88. The summed E-state index contributed by atoms with van der Waals surface area (Å²) in [6.07, 6.45) is 0.606. The Kier molecular flexibility index (Phi) is 4.78. The number of carbonyl (C=O) groups excluding carboxylic acids is 1. The van der Waals surface area contributed by atoms with Gasteiger partial charge in [-0.15, -0.1) is 11.3 Å². The molecule has 3 nitrogen and oxygen atoms in total. The van der Waals surface area contributed by atoms with Gasteiger partial charge in [0.2, 0.25) is 0 Å². The van der Waals surface area contributed by atoms with Crippen LogP contribution in [0.5, 0.6) is 0 Å². The van der Waals surface area contributed by atoms with Crippen LogP contribution in [0.1, 0.15) is 29.9 Å². The molecule has 0 saturated heterocycles. The van der Waals surface area contributed by atoms with E-state index in [4.69, 9.17) is 5.11 Å². The number of hydrogen-bond donors (Lipinski definition) is 2. The van der Waals surface area contributed by atoms with E-state index in [1.807, 2.05) is 25.3 Å². The highest BCUT2D eigenvalue weighted by Crippen LogP contribution is 2.11. The fourth-order valence-electron chi connectivity index (χ4n) is 1.36. The first-order valence-corrected chi connectivity index (χ1v) is 5.98. The molecule has 0 saturated carbocycles. The molecule has 1 atom stereocenters. The van der Waals surface area contributed by atoms with Gasteiger partial charge in [-0.2, -0.15) is 0 Å². The molecular formula is C11H17NO2S. The van der Waals surface area contributed by atoms with Gasteiger partial charge in [-0.05, 0) is 23.8 Å². The minimum absolute atomic E-state index is 0.0443. The highest BCUT2D eigenvalue weighted by molar-refractivity contribution is 7.12. The third-order valence-corrected chi connectivity index (χ3v) is 3.17. The van der Waals surface area contributed by atoms with Crippen LogP contribution in [-0.4, -0.2) is 23.7 Å². The third kappa shape index (κ3) is 3.64. The Labute approximate surface area is 94.1 Å². The average Bonchev–Trinajstić information content (AvgIpc) is 2.69. The molecule has 0 fully saturated rings. The Morgan fingerprint density at radius 1 is 1.60 bits per heavy atom. The molecule has 0 bridgehead atoms. The fourth-order valence-corrected chi connectivity index (χ4v) is 1.99. The van der Waals surface area contributed by atoms with E-state index in [9.17, 15) is 4.79 Å². The maximum absolute atomic E-state index is 11.7. The minimum Gasteiger partial charge on any atom is -0.396 e. The second kappa shape index (κ2) is 5.88. The molecule has 1 aromatic rings. The second-order valence-electron chi connectivity index (χ2n) is 3.81. The zero-order chi connectivity index (χ0) is 11.3. The Balaban J connectivity index is 2.55. The van der Waals surface area contributed by atoms with Crippen molar-refractivity contribution >= 4 is 17.2 Å². The number of amides is 1. The summed E-state index contributed by atoms with van der Waals surface area (Å²) < 4.78 is 0. The topological polar surface area (TPSA) is 49.3 Å². The van der Waals surface area contributed by atoms with Crippen molar-refractivity contribution in [2.75, 3.05) is 6.61 Å². The van der Waals surface area contributed by atoms with Crippen LogP contribution < -0.4 is 5.32 Å². The standard InChI is InChI=1S/C11H17NO2S/c1-8(2)9(5-6-13)12-11(14)10-4-3-7-15-10/h3-4,7-9,13H,5-6H2,1-2H3,(H,12,14). The van der Waals surface area contributed by atoms with Gasteiger partial charge < -0.3 is 10.4 Å². The van der Waals surface area contributed by atoms with E-state index < -0.39 is 0 Å². The summed E-state index contributed by atoms with van der Waals surface area (Å²) in [6, 6.07) is 3.70. The molecule has 1 rings (SSSR count). The summed E-state index contributed by atoms with van der Waals surface area (Å²) in [7, 11) is 0. The molecule has 4 heteroatoms. The summed E-state index contributed by atoms with van der Waals surface area (Å²) in [5.74, 6) is 0.290. The van der Waals surface area contributed by atoms with Gasteiger partial charge in [0.15, 0.2) is 0 Å². The van der Waals surface area contributed by atoms with Gasteiger partial charge in [-0.1, -0.05) is 19.9 Å². The molecular weight excluding hydrogens is 210 g/mol. The first kappa shape index (κ1) is 12.2.